The van der Waals surface area contributed by atoms with E-state index in [1.807, 2.05) is 13.1 Å². The number of rotatable bonds is 1. The fourth-order valence-corrected chi connectivity index (χ4v) is 1.94. The van der Waals surface area contributed by atoms with E-state index in [0.717, 1.165) is 24.7 Å². The van der Waals surface area contributed by atoms with E-state index >= 15 is 0 Å². The Hall–Kier alpha value is -1.12. The Morgan fingerprint density at radius 2 is 1.86 bits per heavy atom. The Bertz CT molecular complexity index is 316. The van der Waals surface area contributed by atoms with Crippen molar-refractivity contribution in [2.45, 2.75) is 33.1 Å². The van der Waals surface area contributed by atoms with Crippen LogP contribution in [0.25, 0.3) is 0 Å². The smallest absolute Gasteiger partial charge is 0.135 e. The van der Waals surface area contributed by atoms with E-state index in [9.17, 15) is 0 Å². The third-order valence-corrected chi connectivity index (χ3v) is 2.72. The molecule has 0 spiro atoms. The SMILES string of the molecule is Cc1ncc(C)c(N2CCCCC2)n1. The zero-order valence-corrected chi connectivity index (χ0v) is 8.95. The molecule has 0 aliphatic carbocycles. The van der Waals surface area contributed by atoms with Crippen LogP contribution >= 0.6 is 0 Å². The van der Waals surface area contributed by atoms with Crippen molar-refractivity contribution in [3.8, 4) is 0 Å². The molecule has 0 saturated carbocycles. The molecule has 0 unspecified atom stereocenters. The van der Waals surface area contributed by atoms with Gasteiger partial charge in [-0.2, -0.15) is 0 Å². The van der Waals surface area contributed by atoms with Crippen LogP contribution in [-0.2, 0) is 0 Å². The predicted molar refractivity (Wildman–Crippen MR) is 57.6 cm³/mol. The molecule has 0 N–H and O–H groups in total. The van der Waals surface area contributed by atoms with Crippen molar-refractivity contribution in [3.05, 3.63) is 17.6 Å². The number of hydrogen-bond acceptors (Lipinski definition) is 3. The summed E-state index contributed by atoms with van der Waals surface area (Å²) < 4.78 is 0. The molecular weight excluding hydrogens is 174 g/mol. The predicted octanol–water partition coefficient (Wildman–Crippen LogP) is 2.08. The van der Waals surface area contributed by atoms with Crippen molar-refractivity contribution in [2.24, 2.45) is 0 Å². The van der Waals surface area contributed by atoms with Crippen LogP contribution in [0.3, 0.4) is 0 Å². The van der Waals surface area contributed by atoms with Gasteiger partial charge in [0.05, 0.1) is 0 Å². The lowest BCUT2D eigenvalue weighted by atomic mass is 10.1. The largest absolute Gasteiger partial charge is 0.356 e. The van der Waals surface area contributed by atoms with E-state index in [1.54, 1.807) is 0 Å². The molecule has 2 rings (SSSR count). The lowest BCUT2D eigenvalue weighted by Crippen LogP contribution is -2.31. The summed E-state index contributed by atoms with van der Waals surface area (Å²) >= 11 is 0. The van der Waals surface area contributed by atoms with E-state index in [-0.39, 0.29) is 0 Å². The van der Waals surface area contributed by atoms with Gasteiger partial charge in [-0.05, 0) is 33.1 Å². The van der Waals surface area contributed by atoms with Crippen molar-refractivity contribution in [1.29, 1.82) is 0 Å². The Balaban J connectivity index is 2.24. The van der Waals surface area contributed by atoms with Gasteiger partial charge in [0.15, 0.2) is 0 Å². The maximum Gasteiger partial charge on any atom is 0.135 e. The number of aryl methyl sites for hydroxylation is 2. The molecule has 3 heteroatoms. The first-order chi connectivity index (χ1) is 6.77. The van der Waals surface area contributed by atoms with Crippen LogP contribution in [0.1, 0.15) is 30.7 Å². The minimum Gasteiger partial charge on any atom is -0.356 e. The van der Waals surface area contributed by atoms with Crippen molar-refractivity contribution in [1.82, 2.24) is 9.97 Å². The average molecular weight is 191 g/mol. The maximum atomic E-state index is 4.51. The minimum atomic E-state index is 0.871. The average Bonchev–Trinajstić information content (AvgIpc) is 2.23. The highest BCUT2D eigenvalue weighted by molar-refractivity contribution is 5.45. The lowest BCUT2D eigenvalue weighted by Gasteiger charge is -2.28. The van der Waals surface area contributed by atoms with Gasteiger partial charge >= 0.3 is 0 Å². The Morgan fingerprint density at radius 3 is 2.57 bits per heavy atom. The summed E-state index contributed by atoms with van der Waals surface area (Å²) in [6, 6.07) is 0. The van der Waals surface area contributed by atoms with E-state index < -0.39 is 0 Å². The molecule has 0 radical (unpaired) electrons. The topological polar surface area (TPSA) is 29.0 Å². The molecule has 0 bridgehead atoms. The molecule has 0 atom stereocenters. The maximum absolute atomic E-state index is 4.51. The molecule has 14 heavy (non-hydrogen) atoms. The molecule has 0 aromatic carbocycles. The van der Waals surface area contributed by atoms with Crippen molar-refractivity contribution in [3.63, 3.8) is 0 Å². The summed E-state index contributed by atoms with van der Waals surface area (Å²) in [5.74, 6) is 2.01. The van der Waals surface area contributed by atoms with Crippen molar-refractivity contribution in [2.75, 3.05) is 18.0 Å². The van der Waals surface area contributed by atoms with Crippen molar-refractivity contribution >= 4 is 5.82 Å². The summed E-state index contributed by atoms with van der Waals surface area (Å²) in [7, 11) is 0. The minimum absolute atomic E-state index is 0.871. The van der Waals surface area contributed by atoms with Gasteiger partial charge in [-0.1, -0.05) is 0 Å². The Kier molecular flexibility index (Phi) is 2.66. The highest BCUT2D eigenvalue weighted by Gasteiger charge is 2.14. The molecule has 2 heterocycles. The van der Waals surface area contributed by atoms with Gasteiger partial charge in [-0.15, -0.1) is 0 Å². The molecule has 1 saturated heterocycles. The molecule has 1 fully saturated rings. The van der Waals surface area contributed by atoms with E-state index in [2.05, 4.69) is 21.8 Å². The summed E-state index contributed by atoms with van der Waals surface area (Å²) in [5.41, 5.74) is 1.19. The van der Waals surface area contributed by atoms with Gasteiger partial charge in [-0.3, -0.25) is 0 Å². The van der Waals surface area contributed by atoms with Crippen LogP contribution in [0.2, 0.25) is 0 Å². The fraction of sp³-hybridized carbons (Fsp3) is 0.636. The second-order valence-electron chi connectivity index (χ2n) is 3.97. The standard InChI is InChI=1S/C11H17N3/c1-9-8-12-10(2)13-11(9)14-6-4-3-5-7-14/h8H,3-7H2,1-2H3. The van der Waals surface area contributed by atoms with Gasteiger partial charge in [0, 0.05) is 24.8 Å². The Labute approximate surface area is 85.2 Å². The van der Waals surface area contributed by atoms with Crippen LogP contribution in [0.5, 0.6) is 0 Å². The van der Waals surface area contributed by atoms with Gasteiger partial charge in [0.1, 0.15) is 11.6 Å². The lowest BCUT2D eigenvalue weighted by molar-refractivity contribution is 0.571. The summed E-state index contributed by atoms with van der Waals surface area (Å²) in [6.07, 6.45) is 5.87. The van der Waals surface area contributed by atoms with E-state index in [0.29, 0.717) is 0 Å². The Morgan fingerprint density at radius 1 is 1.14 bits per heavy atom. The van der Waals surface area contributed by atoms with Crippen LogP contribution in [-0.4, -0.2) is 23.1 Å². The second kappa shape index (κ2) is 3.95. The molecule has 1 aromatic rings. The number of aromatic nitrogens is 2. The zero-order valence-electron chi connectivity index (χ0n) is 8.95. The molecule has 1 aliphatic heterocycles. The number of nitrogens with zero attached hydrogens (tertiary/aromatic N) is 3. The van der Waals surface area contributed by atoms with E-state index in [4.69, 9.17) is 0 Å². The first-order valence-corrected chi connectivity index (χ1v) is 5.32. The summed E-state index contributed by atoms with van der Waals surface area (Å²) in [5, 5.41) is 0. The van der Waals surface area contributed by atoms with Crippen LogP contribution in [0.4, 0.5) is 5.82 Å². The highest BCUT2D eigenvalue weighted by Crippen LogP contribution is 2.20. The zero-order chi connectivity index (χ0) is 9.97. The van der Waals surface area contributed by atoms with Crippen LogP contribution in [0, 0.1) is 13.8 Å². The normalized spacial score (nSPS) is 17.1. The fourth-order valence-electron chi connectivity index (χ4n) is 1.94. The monoisotopic (exact) mass is 191 g/mol. The number of anilines is 1. The van der Waals surface area contributed by atoms with Gasteiger partial charge in [-0.25, -0.2) is 9.97 Å². The first-order valence-electron chi connectivity index (χ1n) is 5.32. The summed E-state index contributed by atoms with van der Waals surface area (Å²) in [6.45, 7) is 6.34. The first kappa shape index (κ1) is 9.44. The van der Waals surface area contributed by atoms with Gasteiger partial charge in [0.2, 0.25) is 0 Å². The van der Waals surface area contributed by atoms with Gasteiger partial charge in [0.25, 0.3) is 0 Å². The van der Waals surface area contributed by atoms with E-state index in [1.165, 1.54) is 24.8 Å². The third-order valence-electron chi connectivity index (χ3n) is 2.72. The highest BCUT2D eigenvalue weighted by atomic mass is 15.2. The summed E-state index contributed by atoms with van der Waals surface area (Å²) in [4.78, 5) is 11.1. The molecule has 1 aliphatic rings. The van der Waals surface area contributed by atoms with Crippen LogP contribution in [0.15, 0.2) is 6.20 Å². The number of hydrogen-bond donors (Lipinski definition) is 0. The molecular formula is C11H17N3. The van der Waals surface area contributed by atoms with Gasteiger partial charge < -0.3 is 4.90 Å². The second-order valence-corrected chi connectivity index (χ2v) is 3.97. The quantitative estimate of drug-likeness (QED) is 0.680. The molecule has 76 valence electrons. The molecule has 0 amide bonds. The molecule has 3 nitrogen and oxygen atoms in total. The van der Waals surface area contributed by atoms with Crippen LogP contribution < -0.4 is 4.90 Å². The molecule has 1 aromatic heterocycles. The number of piperidine rings is 1. The third kappa shape index (κ3) is 1.86. The van der Waals surface area contributed by atoms with Crippen molar-refractivity contribution < 1.29 is 0 Å².